The molecule has 1 aromatic heterocycles. The van der Waals surface area contributed by atoms with Crippen molar-refractivity contribution in [3.63, 3.8) is 0 Å². The molecule has 0 saturated heterocycles. The molecule has 1 amide bonds. The van der Waals surface area contributed by atoms with Crippen molar-refractivity contribution in [1.29, 1.82) is 0 Å². The quantitative estimate of drug-likeness (QED) is 0.484. The Morgan fingerprint density at radius 2 is 1.50 bits per heavy atom. The summed E-state index contributed by atoms with van der Waals surface area (Å²) in [5, 5.41) is 5.40. The number of carbonyl (C=O) groups is 1. The van der Waals surface area contributed by atoms with Gasteiger partial charge in [-0.05, 0) is 58.7 Å². The summed E-state index contributed by atoms with van der Waals surface area (Å²) in [4.78, 5) is 17.3. The lowest BCUT2D eigenvalue weighted by Gasteiger charge is -2.22. The number of hydrogen-bond donors (Lipinski definition) is 1. The Balaban J connectivity index is 1.60. The van der Waals surface area contributed by atoms with E-state index < -0.39 is 0 Å². The number of aromatic nitrogens is 1. The highest BCUT2D eigenvalue weighted by Crippen LogP contribution is 2.27. The van der Waals surface area contributed by atoms with Gasteiger partial charge in [-0.1, -0.05) is 54.6 Å². The Morgan fingerprint density at radius 3 is 2.23 bits per heavy atom. The highest BCUT2D eigenvalue weighted by molar-refractivity contribution is 5.88. The average molecular weight is 396 g/mol. The standard InChI is InChI=1S/C26H24N2O2/c1-18(21-8-9-23-17-24(30-2)11-10-22(23)16-21)26(29)28-25(19-6-4-3-5-7-19)20-12-14-27-15-13-20/h3-18,25H,1-2H3,(H,28,29)/t18-,25?/m0/s1. The van der Waals surface area contributed by atoms with Crippen LogP contribution in [-0.4, -0.2) is 18.0 Å². The van der Waals surface area contributed by atoms with E-state index in [1.807, 2.05) is 79.7 Å². The number of pyridine rings is 1. The van der Waals surface area contributed by atoms with Crippen molar-refractivity contribution < 1.29 is 9.53 Å². The summed E-state index contributed by atoms with van der Waals surface area (Å²) in [5.41, 5.74) is 3.02. The van der Waals surface area contributed by atoms with Crippen molar-refractivity contribution in [2.75, 3.05) is 7.11 Å². The third kappa shape index (κ3) is 4.18. The minimum Gasteiger partial charge on any atom is -0.497 e. The molecule has 1 unspecified atom stereocenters. The minimum absolute atomic E-state index is 0.0199. The van der Waals surface area contributed by atoms with Crippen molar-refractivity contribution >= 4 is 16.7 Å². The molecule has 1 N–H and O–H groups in total. The van der Waals surface area contributed by atoms with E-state index >= 15 is 0 Å². The van der Waals surface area contributed by atoms with Gasteiger partial charge in [-0.3, -0.25) is 9.78 Å². The first-order valence-corrected chi connectivity index (χ1v) is 9.98. The van der Waals surface area contributed by atoms with Gasteiger partial charge in [0.1, 0.15) is 5.75 Å². The largest absolute Gasteiger partial charge is 0.497 e. The number of rotatable bonds is 6. The topological polar surface area (TPSA) is 51.2 Å². The Kier molecular flexibility index (Phi) is 5.75. The molecule has 0 radical (unpaired) electrons. The zero-order valence-corrected chi connectivity index (χ0v) is 17.1. The second kappa shape index (κ2) is 8.78. The number of nitrogens with one attached hydrogen (secondary N) is 1. The number of hydrogen-bond acceptors (Lipinski definition) is 3. The summed E-state index contributed by atoms with van der Waals surface area (Å²) in [5.74, 6) is 0.516. The van der Waals surface area contributed by atoms with Crippen molar-refractivity contribution in [3.05, 3.63) is 108 Å². The molecule has 0 aliphatic heterocycles. The second-order valence-corrected chi connectivity index (χ2v) is 7.33. The van der Waals surface area contributed by atoms with Gasteiger partial charge >= 0.3 is 0 Å². The fraction of sp³-hybridized carbons (Fsp3) is 0.154. The van der Waals surface area contributed by atoms with E-state index in [4.69, 9.17) is 4.74 Å². The molecular formula is C26H24N2O2. The van der Waals surface area contributed by atoms with E-state index in [0.29, 0.717) is 0 Å². The maximum absolute atomic E-state index is 13.2. The highest BCUT2D eigenvalue weighted by atomic mass is 16.5. The number of benzene rings is 3. The maximum Gasteiger partial charge on any atom is 0.228 e. The van der Waals surface area contributed by atoms with Gasteiger partial charge in [-0.2, -0.15) is 0 Å². The van der Waals surface area contributed by atoms with Gasteiger partial charge in [-0.25, -0.2) is 0 Å². The first-order chi connectivity index (χ1) is 14.7. The summed E-state index contributed by atoms with van der Waals surface area (Å²) >= 11 is 0. The Bertz CT molecular complexity index is 1100. The third-order valence-corrected chi connectivity index (χ3v) is 5.42. The number of amides is 1. The molecule has 0 bridgehead atoms. The van der Waals surface area contributed by atoms with Crippen molar-refractivity contribution in [1.82, 2.24) is 10.3 Å². The lowest BCUT2D eigenvalue weighted by molar-refractivity contribution is -0.122. The zero-order chi connectivity index (χ0) is 20.9. The molecule has 4 nitrogen and oxygen atoms in total. The third-order valence-electron chi connectivity index (χ3n) is 5.42. The van der Waals surface area contributed by atoms with E-state index in [0.717, 1.165) is 33.2 Å². The summed E-state index contributed by atoms with van der Waals surface area (Å²) in [6.45, 7) is 1.94. The highest BCUT2D eigenvalue weighted by Gasteiger charge is 2.22. The molecule has 0 aliphatic carbocycles. The summed E-state index contributed by atoms with van der Waals surface area (Å²) < 4.78 is 5.30. The monoisotopic (exact) mass is 396 g/mol. The minimum atomic E-state index is -0.287. The summed E-state index contributed by atoms with van der Waals surface area (Å²) in [7, 11) is 1.66. The molecule has 1 heterocycles. The predicted molar refractivity (Wildman–Crippen MR) is 120 cm³/mol. The Morgan fingerprint density at radius 1 is 0.833 bits per heavy atom. The molecule has 3 aromatic carbocycles. The molecule has 2 atom stereocenters. The van der Waals surface area contributed by atoms with E-state index in [1.54, 1.807) is 19.5 Å². The molecule has 0 aliphatic rings. The lowest BCUT2D eigenvalue weighted by atomic mass is 9.95. The van der Waals surface area contributed by atoms with Crippen LogP contribution in [0.3, 0.4) is 0 Å². The van der Waals surface area contributed by atoms with Gasteiger partial charge < -0.3 is 10.1 Å². The molecule has 4 rings (SSSR count). The average Bonchev–Trinajstić information content (AvgIpc) is 2.82. The van der Waals surface area contributed by atoms with Gasteiger partial charge in [0, 0.05) is 12.4 Å². The van der Waals surface area contributed by atoms with Crippen molar-refractivity contribution in [2.24, 2.45) is 0 Å². The Labute approximate surface area is 176 Å². The summed E-state index contributed by atoms with van der Waals surface area (Å²) in [6, 6.07) is 25.7. The van der Waals surface area contributed by atoms with Gasteiger partial charge in [-0.15, -0.1) is 0 Å². The van der Waals surface area contributed by atoms with Gasteiger partial charge in [0.25, 0.3) is 0 Å². The number of fused-ring (bicyclic) bond motifs is 1. The van der Waals surface area contributed by atoms with E-state index in [-0.39, 0.29) is 17.9 Å². The van der Waals surface area contributed by atoms with Crippen LogP contribution in [0.25, 0.3) is 10.8 Å². The van der Waals surface area contributed by atoms with Crippen LogP contribution in [0.2, 0.25) is 0 Å². The first kappa shape index (κ1) is 19.6. The molecule has 0 spiro atoms. The molecule has 4 heteroatoms. The van der Waals surface area contributed by atoms with Crippen LogP contribution in [0.5, 0.6) is 5.75 Å². The molecule has 4 aromatic rings. The number of methoxy groups -OCH3 is 1. The summed E-state index contributed by atoms with van der Waals surface area (Å²) in [6.07, 6.45) is 3.50. The zero-order valence-electron chi connectivity index (χ0n) is 17.1. The molecule has 150 valence electrons. The first-order valence-electron chi connectivity index (χ1n) is 9.98. The maximum atomic E-state index is 13.2. The van der Waals surface area contributed by atoms with Crippen LogP contribution in [-0.2, 0) is 4.79 Å². The molecule has 30 heavy (non-hydrogen) atoms. The van der Waals surface area contributed by atoms with Gasteiger partial charge in [0.05, 0.1) is 19.1 Å². The van der Waals surface area contributed by atoms with E-state index in [2.05, 4.69) is 16.4 Å². The SMILES string of the molecule is COc1ccc2cc([C@H](C)C(=O)NC(c3ccccc3)c3ccncc3)ccc2c1. The number of carbonyl (C=O) groups excluding carboxylic acids is 1. The smallest absolute Gasteiger partial charge is 0.228 e. The second-order valence-electron chi connectivity index (χ2n) is 7.33. The fourth-order valence-corrected chi connectivity index (χ4v) is 3.62. The van der Waals surface area contributed by atoms with Gasteiger partial charge in [0.15, 0.2) is 0 Å². The lowest BCUT2D eigenvalue weighted by Crippen LogP contribution is -2.32. The number of ether oxygens (including phenoxy) is 1. The molecule has 0 saturated carbocycles. The normalized spacial score (nSPS) is 12.9. The predicted octanol–water partition coefficient (Wildman–Crippen LogP) is 5.25. The van der Waals surface area contributed by atoms with Crippen LogP contribution in [0.1, 0.15) is 35.6 Å². The van der Waals surface area contributed by atoms with Crippen LogP contribution in [0, 0.1) is 0 Å². The van der Waals surface area contributed by atoms with Gasteiger partial charge in [0.2, 0.25) is 5.91 Å². The van der Waals surface area contributed by atoms with E-state index in [9.17, 15) is 4.79 Å². The van der Waals surface area contributed by atoms with Crippen molar-refractivity contribution in [2.45, 2.75) is 18.9 Å². The van der Waals surface area contributed by atoms with Crippen LogP contribution < -0.4 is 10.1 Å². The van der Waals surface area contributed by atoms with Crippen LogP contribution >= 0.6 is 0 Å². The van der Waals surface area contributed by atoms with Crippen molar-refractivity contribution in [3.8, 4) is 5.75 Å². The fourth-order valence-electron chi connectivity index (χ4n) is 3.62. The van der Waals surface area contributed by atoms with Crippen LogP contribution in [0.4, 0.5) is 0 Å². The molecular weight excluding hydrogens is 372 g/mol. The molecule has 0 fully saturated rings. The Hall–Kier alpha value is -3.66. The van der Waals surface area contributed by atoms with Crippen LogP contribution in [0.15, 0.2) is 91.3 Å². The van der Waals surface area contributed by atoms with E-state index in [1.165, 1.54) is 0 Å². The number of nitrogens with zero attached hydrogens (tertiary/aromatic N) is 1.